The van der Waals surface area contributed by atoms with Gasteiger partial charge in [0.25, 0.3) is 0 Å². The van der Waals surface area contributed by atoms with Crippen LogP contribution in [0, 0.1) is 6.92 Å². The van der Waals surface area contributed by atoms with Gasteiger partial charge >= 0.3 is 6.03 Å². The van der Waals surface area contributed by atoms with E-state index < -0.39 is 0 Å². The van der Waals surface area contributed by atoms with Gasteiger partial charge < -0.3 is 19.9 Å². The van der Waals surface area contributed by atoms with Crippen LogP contribution in [0.1, 0.15) is 56.2 Å². The van der Waals surface area contributed by atoms with Crippen LogP contribution in [-0.2, 0) is 11.2 Å². The van der Waals surface area contributed by atoms with E-state index in [1.807, 2.05) is 63.8 Å². The minimum atomic E-state index is -0.191. The van der Waals surface area contributed by atoms with Gasteiger partial charge in [-0.3, -0.25) is 4.79 Å². The van der Waals surface area contributed by atoms with E-state index in [9.17, 15) is 9.59 Å². The number of nitrogens with zero attached hydrogens (tertiary/aromatic N) is 2. The number of amides is 3. The van der Waals surface area contributed by atoms with Crippen LogP contribution >= 0.6 is 11.3 Å². The smallest absolute Gasteiger partial charge is 0.318 e. The van der Waals surface area contributed by atoms with Gasteiger partial charge in [-0.1, -0.05) is 25.1 Å². The van der Waals surface area contributed by atoms with Crippen LogP contribution in [0.15, 0.2) is 35.7 Å². The molecule has 0 unspecified atom stereocenters. The minimum Gasteiger partial charge on any atom is -0.491 e. The van der Waals surface area contributed by atoms with Crippen LogP contribution in [0.5, 0.6) is 5.75 Å². The predicted octanol–water partition coefficient (Wildman–Crippen LogP) is 4.78. The van der Waals surface area contributed by atoms with Crippen LogP contribution in [0.3, 0.4) is 0 Å². The van der Waals surface area contributed by atoms with Gasteiger partial charge in [-0.15, -0.1) is 11.3 Å². The number of hydrogen-bond donors (Lipinski definition) is 1. The van der Waals surface area contributed by atoms with Crippen LogP contribution in [0.25, 0.3) is 0 Å². The van der Waals surface area contributed by atoms with Crippen molar-refractivity contribution in [1.29, 1.82) is 0 Å². The van der Waals surface area contributed by atoms with E-state index in [4.69, 9.17) is 4.74 Å². The zero-order chi connectivity index (χ0) is 23.3. The van der Waals surface area contributed by atoms with Gasteiger partial charge in [0, 0.05) is 23.5 Å². The molecule has 2 heterocycles. The molecule has 0 fully saturated rings. The molecule has 0 radical (unpaired) electrons. The second-order valence-corrected chi connectivity index (χ2v) is 9.72. The molecule has 1 aliphatic rings. The third-order valence-corrected chi connectivity index (χ3v) is 7.00. The molecule has 0 saturated heterocycles. The molecule has 1 aromatic carbocycles. The summed E-state index contributed by atoms with van der Waals surface area (Å²) in [6.07, 6.45) is 1.62. The standard InChI is InChI=1S/C25H35N3O3S/c1-6-19(5)28(25(30)26-17(2)3)15-24(29)27-13-11-23-20(12-14-32-23)21(27)16-31-22-10-8-7-9-18(22)4/h7-10,12,14,17,19,21H,6,11,13,15-16H2,1-5H3,(H,26,30)/t19-,21-/m1/s1. The predicted molar refractivity (Wildman–Crippen MR) is 129 cm³/mol. The van der Waals surface area contributed by atoms with Crippen LogP contribution in [-0.4, -0.2) is 53.5 Å². The maximum absolute atomic E-state index is 13.5. The maximum atomic E-state index is 13.5. The SMILES string of the molecule is CC[C@@H](C)N(CC(=O)N1CCc2sccc2[C@H]1COc1ccccc1C)C(=O)NC(C)C. The Bertz CT molecular complexity index is 927. The third kappa shape index (κ3) is 5.63. The Labute approximate surface area is 195 Å². The Kier molecular flexibility index (Phi) is 8.18. The second kappa shape index (κ2) is 10.9. The zero-order valence-corrected chi connectivity index (χ0v) is 20.6. The van der Waals surface area contributed by atoms with Crippen molar-refractivity contribution < 1.29 is 14.3 Å². The van der Waals surface area contributed by atoms with Crippen molar-refractivity contribution in [2.24, 2.45) is 0 Å². The number of urea groups is 1. The molecule has 0 aliphatic carbocycles. The normalized spacial score (nSPS) is 16.4. The number of carbonyl (C=O) groups is 2. The Hall–Kier alpha value is -2.54. The fraction of sp³-hybridized carbons (Fsp3) is 0.520. The summed E-state index contributed by atoms with van der Waals surface area (Å²) in [5.41, 5.74) is 2.23. The second-order valence-electron chi connectivity index (χ2n) is 8.72. The first-order valence-electron chi connectivity index (χ1n) is 11.4. The van der Waals surface area contributed by atoms with Gasteiger partial charge in [-0.25, -0.2) is 4.79 Å². The number of para-hydroxylation sites is 1. The minimum absolute atomic E-state index is 0.0165. The molecule has 6 nitrogen and oxygen atoms in total. The topological polar surface area (TPSA) is 61.9 Å². The average molecular weight is 458 g/mol. The largest absolute Gasteiger partial charge is 0.491 e. The number of ether oxygens (including phenoxy) is 1. The fourth-order valence-electron chi connectivity index (χ4n) is 3.98. The van der Waals surface area contributed by atoms with Crippen LogP contribution in [0.4, 0.5) is 4.79 Å². The first-order chi connectivity index (χ1) is 15.3. The number of fused-ring (bicyclic) bond motifs is 1. The molecular formula is C25H35N3O3S. The molecule has 3 rings (SSSR count). The lowest BCUT2D eigenvalue weighted by molar-refractivity contribution is -0.136. The van der Waals surface area contributed by atoms with E-state index >= 15 is 0 Å². The molecule has 1 N–H and O–H groups in total. The van der Waals surface area contributed by atoms with Gasteiger partial charge in [-0.2, -0.15) is 0 Å². The summed E-state index contributed by atoms with van der Waals surface area (Å²) in [5.74, 6) is 0.791. The average Bonchev–Trinajstić information content (AvgIpc) is 3.24. The summed E-state index contributed by atoms with van der Waals surface area (Å²) in [4.78, 5) is 31.1. The van der Waals surface area contributed by atoms with Crippen molar-refractivity contribution in [2.45, 2.75) is 65.6 Å². The highest BCUT2D eigenvalue weighted by atomic mass is 32.1. The molecule has 0 saturated carbocycles. The van der Waals surface area contributed by atoms with Gasteiger partial charge in [-0.05, 0) is 69.2 Å². The fourth-order valence-corrected chi connectivity index (χ4v) is 4.90. The van der Waals surface area contributed by atoms with E-state index in [-0.39, 0.29) is 36.6 Å². The van der Waals surface area contributed by atoms with Crippen molar-refractivity contribution in [3.05, 3.63) is 51.7 Å². The lowest BCUT2D eigenvalue weighted by Crippen LogP contribution is -2.53. The van der Waals surface area contributed by atoms with Crippen LogP contribution < -0.4 is 10.1 Å². The third-order valence-electron chi connectivity index (χ3n) is 6.01. The van der Waals surface area contributed by atoms with E-state index in [1.54, 1.807) is 16.2 Å². The van der Waals surface area contributed by atoms with Crippen molar-refractivity contribution in [3.63, 3.8) is 0 Å². The first kappa shape index (κ1) is 24.1. The number of rotatable bonds is 8. The van der Waals surface area contributed by atoms with Gasteiger partial charge in [0.1, 0.15) is 18.9 Å². The highest BCUT2D eigenvalue weighted by Crippen LogP contribution is 2.34. The van der Waals surface area contributed by atoms with Gasteiger partial charge in [0.2, 0.25) is 5.91 Å². The number of benzene rings is 1. The van der Waals surface area contributed by atoms with E-state index in [0.717, 1.165) is 29.7 Å². The van der Waals surface area contributed by atoms with Crippen molar-refractivity contribution in [1.82, 2.24) is 15.1 Å². The highest BCUT2D eigenvalue weighted by Gasteiger charge is 2.34. The summed E-state index contributed by atoms with van der Waals surface area (Å²) >= 11 is 1.73. The van der Waals surface area contributed by atoms with Crippen molar-refractivity contribution >= 4 is 23.3 Å². The quantitative estimate of drug-likeness (QED) is 0.621. The molecule has 174 valence electrons. The van der Waals surface area contributed by atoms with Crippen molar-refractivity contribution in [2.75, 3.05) is 19.7 Å². The Morgan fingerprint density at radius 1 is 1.25 bits per heavy atom. The maximum Gasteiger partial charge on any atom is 0.318 e. The Morgan fingerprint density at radius 3 is 2.69 bits per heavy atom. The van der Waals surface area contributed by atoms with E-state index in [1.165, 1.54) is 4.88 Å². The molecule has 0 bridgehead atoms. The zero-order valence-electron chi connectivity index (χ0n) is 19.8. The monoisotopic (exact) mass is 457 g/mol. The lowest BCUT2D eigenvalue weighted by atomic mass is 10.00. The van der Waals surface area contributed by atoms with Crippen molar-refractivity contribution in [3.8, 4) is 5.75 Å². The Morgan fingerprint density at radius 2 is 2.00 bits per heavy atom. The molecular weight excluding hydrogens is 422 g/mol. The number of hydrogen-bond acceptors (Lipinski definition) is 4. The van der Waals surface area contributed by atoms with E-state index in [0.29, 0.717) is 13.2 Å². The molecule has 1 aromatic heterocycles. The molecule has 32 heavy (non-hydrogen) atoms. The molecule has 3 amide bonds. The summed E-state index contributed by atoms with van der Waals surface area (Å²) < 4.78 is 6.17. The molecule has 2 atom stereocenters. The highest BCUT2D eigenvalue weighted by molar-refractivity contribution is 7.10. The van der Waals surface area contributed by atoms with Gasteiger partial charge in [0.15, 0.2) is 0 Å². The molecule has 1 aliphatic heterocycles. The van der Waals surface area contributed by atoms with E-state index in [2.05, 4.69) is 16.8 Å². The Balaban J connectivity index is 1.79. The first-order valence-corrected chi connectivity index (χ1v) is 12.3. The summed E-state index contributed by atoms with van der Waals surface area (Å²) in [6.45, 7) is 11.0. The number of aryl methyl sites for hydroxylation is 1. The van der Waals surface area contributed by atoms with Gasteiger partial charge in [0.05, 0.1) is 6.04 Å². The molecule has 2 aromatic rings. The van der Waals surface area contributed by atoms with Crippen LogP contribution in [0.2, 0.25) is 0 Å². The lowest BCUT2D eigenvalue weighted by Gasteiger charge is -2.38. The number of nitrogens with one attached hydrogen (secondary N) is 1. The molecule has 0 spiro atoms. The number of thiophene rings is 1. The summed E-state index contributed by atoms with van der Waals surface area (Å²) in [5, 5.41) is 5.02. The number of carbonyl (C=O) groups excluding carboxylic acids is 2. The summed E-state index contributed by atoms with van der Waals surface area (Å²) in [7, 11) is 0. The molecule has 7 heteroatoms. The summed E-state index contributed by atoms with van der Waals surface area (Å²) in [6, 6.07) is 9.66.